The predicted molar refractivity (Wildman–Crippen MR) is 105 cm³/mol. The molecule has 9 heteroatoms. The number of benzene rings is 2. The first-order chi connectivity index (χ1) is 14.0. The lowest BCUT2D eigenvalue weighted by atomic mass is 10.1. The van der Waals surface area contributed by atoms with E-state index in [1.807, 2.05) is 0 Å². The quantitative estimate of drug-likeness (QED) is 0.563. The van der Waals surface area contributed by atoms with Gasteiger partial charge in [-0.05, 0) is 23.8 Å². The molecule has 3 rings (SSSR count). The molecule has 0 bridgehead atoms. The SMILES string of the molecule is O=C(COc1cccc([N+](=O)[O-])c1)Nc1ccc(CC(=O)N2CCOCC2)cc1. The molecule has 152 valence electrons. The second kappa shape index (κ2) is 9.65. The third kappa shape index (κ3) is 6.01. The first-order valence-corrected chi connectivity index (χ1v) is 9.13. The van der Waals surface area contributed by atoms with E-state index in [1.54, 1.807) is 35.2 Å². The van der Waals surface area contributed by atoms with Gasteiger partial charge in [0.05, 0.1) is 30.6 Å². The summed E-state index contributed by atoms with van der Waals surface area (Å²) in [6.07, 6.45) is 0.296. The van der Waals surface area contributed by atoms with E-state index in [0.29, 0.717) is 38.4 Å². The molecule has 29 heavy (non-hydrogen) atoms. The summed E-state index contributed by atoms with van der Waals surface area (Å²) in [6, 6.07) is 12.6. The van der Waals surface area contributed by atoms with Crippen LogP contribution in [-0.2, 0) is 20.7 Å². The van der Waals surface area contributed by atoms with Gasteiger partial charge in [-0.25, -0.2) is 0 Å². The molecule has 0 aromatic heterocycles. The van der Waals surface area contributed by atoms with Crippen LogP contribution in [0.15, 0.2) is 48.5 Å². The molecule has 0 saturated carbocycles. The number of nitro groups is 1. The molecule has 0 aliphatic carbocycles. The third-order valence-corrected chi connectivity index (χ3v) is 4.36. The van der Waals surface area contributed by atoms with Crippen molar-refractivity contribution in [3.63, 3.8) is 0 Å². The zero-order valence-electron chi connectivity index (χ0n) is 15.7. The van der Waals surface area contributed by atoms with Gasteiger partial charge in [0.25, 0.3) is 11.6 Å². The molecular weight excluding hydrogens is 378 g/mol. The highest BCUT2D eigenvalue weighted by Crippen LogP contribution is 2.19. The second-order valence-electron chi connectivity index (χ2n) is 6.46. The number of rotatable bonds is 7. The topological polar surface area (TPSA) is 111 Å². The van der Waals surface area contributed by atoms with Crippen LogP contribution in [0.4, 0.5) is 11.4 Å². The van der Waals surface area contributed by atoms with Crippen molar-refractivity contribution in [3.8, 4) is 5.75 Å². The van der Waals surface area contributed by atoms with Crippen LogP contribution >= 0.6 is 0 Å². The fourth-order valence-electron chi connectivity index (χ4n) is 2.84. The smallest absolute Gasteiger partial charge is 0.273 e. The molecule has 1 N–H and O–H groups in total. The number of hydrogen-bond donors (Lipinski definition) is 1. The normalized spacial score (nSPS) is 13.6. The van der Waals surface area contributed by atoms with Crippen molar-refractivity contribution in [2.75, 3.05) is 38.2 Å². The van der Waals surface area contributed by atoms with Gasteiger partial charge in [-0.3, -0.25) is 19.7 Å². The van der Waals surface area contributed by atoms with E-state index in [2.05, 4.69) is 5.32 Å². The summed E-state index contributed by atoms with van der Waals surface area (Å²) in [5.74, 6) is -0.101. The van der Waals surface area contributed by atoms with Crippen molar-refractivity contribution in [3.05, 3.63) is 64.2 Å². The Bertz CT molecular complexity index is 878. The molecular formula is C20H21N3O6. The first kappa shape index (κ1) is 20.3. The number of morpholine rings is 1. The van der Waals surface area contributed by atoms with Gasteiger partial charge in [0.15, 0.2) is 6.61 Å². The van der Waals surface area contributed by atoms with Gasteiger partial charge >= 0.3 is 0 Å². The standard InChI is InChI=1S/C20H21N3O6/c24-19(14-29-18-3-1-2-17(13-18)23(26)27)21-16-6-4-15(5-7-16)12-20(25)22-8-10-28-11-9-22/h1-7,13H,8-12,14H2,(H,21,24). The Balaban J connectivity index is 1.47. The number of ether oxygens (including phenoxy) is 2. The van der Waals surface area contributed by atoms with E-state index in [-0.39, 0.29) is 24.0 Å². The summed E-state index contributed by atoms with van der Waals surface area (Å²) < 4.78 is 10.5. The number of amides is 2. The van der Waals surface area contributed by atoms with Crippen LogP contribution in [0.25, 0.3) is 0 Å². The Morgan fingerprint density at radius 2 is 1.86 bits per heavy atom. The van der Waals surface area contributed by atoms with E-state index >= 15 is 0 Å². The first-order valence-electron chi connectivity index (χ1n) is 9.13. The Hall–Kier alpha value is -3.46. The van der Waals surface area contributed by atoms with Gasteiger partial charge in [0.1, 0.15) is 5.75 Å². The Morgan fingerprint density at radius 3 is 2.55 bits per heavy atom. The summed E-state index contributed by atoms with van der Waals surface area (Å²) in [6.45, 7) is 2.07. The molecule has 9 nitrogen and oxygen atoms in total. The number of carbonyl (C=O) groups excluding carboxylic acids is 2. The monoisotopic (exact) mass is 399 g/mol. The van der Waals surface area contributed by atoms with Crippen LogP contribution in [0.1, 0.15) is 5.56 Å². The average molecular weight is 399 g/mol. The van der Waals surface area contributed by atoms with E-state index in [9.17, 15) is 19.7 Å². The minimum atomic E-state index is -0.529. The number of hydrogen-bond acceptors (Lipinski definition) is 6. The Kier molecular flexibility index (Phi) is 6.75. The maximum Gasteiger partial charge on any atom is 0.273 e. The van der Waals surface area contributed by atoms with Gasteiger partial charge in [0, 0.05) is 24.8 Å². The van der Waals surface area contributed by atoms with E-state index in [0.717, 1.165) is 5.56 Å². The maximum atomic E-state index is 12.3. The summed E-state index contributed by atoms with van der Waals surface area (Å²) in [5, 5.41) is 13.4. The summed E-state index contributed by atoms with van der Waals surface area (Å²) in [4.78, 5) is 36.3. The van der Waals surface area contributed by atoms with E-state index in [4.69, 9.17) is 9.47 Å². The van der Waals surface area contributed by atoms with Gasteiger partial charge in [-0.1, -0.05) is 18.2 Å². The number of carbonyl (C=O) groups is 2. The third-order valence-electron chi connectivity index (χ3n) is 4.36. The van der Waals surface area contributed by atoms with Gasteiger partial charge in [-0.15, -0.1) is 0 Å². The van der Waals surface area contributed by atoms with Crippen molar-refractivity contribution in [1.82, 2.24) is 4.90 Å². The minimum Gasteiger partial charge on any atom is -0.484 e. The summed E-state index contributed by atoms with van der Waals surface area (Å²) in [7, 11) is 0. The molecule has 1 heterocycles. The zero-order valence-corrected chi connectivity index (χ0v) is 15.7. The zero-order chi connectivity index (χ0) is 20.6. The highest BCUT2D eigenvalue weighted by atomic mass is 16.6. The molecule has 1 saturated heterocycles. The van der Waals surface area contributed by atoms with Gasteiger partial charge in [-0.2, -0.15) is 0 Å². The van der Waals surface area contributed by atoms with Gasteiger partial charge in [0.2, 0.25) is 5.91 Å². The van der Waals surface area contributed by atoms with E-state index in [1.165, 1.54) is 18.2 Å². The molecule has 0 unspecified atom stereocenters. The van der Waals surface area contributed by atoms with Gasteiger partial charge < -0.3 is 19.7 Å². The maximum absolute atomic E-state index is 12.3. The van der Waals surface area contributed by atoms with Crippen molar-refractivity contribution in [2.45, 2.75) is 6.42 Å². The van der Waals surface area contributed by atoms with Crippen LogP contribution in [0.2, 0.25) is 0 Å². The highest BCUT2D eigenvalue weighted by molar-refractivity contribution is 5.92. The predicted octanol–water partition coefficient (Wildman–Crippen LogP) is 2.01. The Labute approximate surface area is 167 Å². The van der Waals surface area contributed by atoms with Crippen molar-refractivity contribution < 1.29 is 24.0 Å². The van der Waals surface area contributed by atoms with Crippen LogP contribution < -0.4 is 10.1 Å². The second-order valence-corrected chi connectivity index (χ2v) is 6.46. The fraction of sp³-hybridized carbons (Fsp3) is 0.300. The van der Waals surface area contributed by atoms with Crippen LogP contribution in [0, 0.1) is 10.1 Å². The lowest BCUT2D eigenvalue weighted by molar-refractivity contribution is -0.384. The van der Waals surface area contributed by atoms with Crippen LogP contribution in [0.5, 0.6) is 5.75 Å². The molecule has 0 radical (unpaired) electrons. The minimum absolute atomic E-state index is 0.0513. The fourth-order valence-corrected chi connectivity index (χ4v) is 2.84. The molecule has 0 spiro atoms. The number of nitrogens with zero attached hydrogens (tertiary/aromatic N) is 2. The van der Waals surface area contributed by atoms with E-state index < -0.39 is 10.8 Å². The number of nitro benzene ring substituents is 1. The molecule has 2 aromatic rings. The number of non-ortho nitro benzene ring substituents is 1. The molecule has 1 fully saturated rings. The lowest BCUT2D eigenvalue weighted by Crippen LogP contribution is -2.41. The van der Waals surface area contributed by atoms with Crippen LogP contribution in [-0.4, -0.2) is 54.5 Å². The number of anilines is 1. The highest BCUT2D eigenvalue weighted by Gasteiger charge is 2.17. The molecule has 1 aliphatic heterocycles. The molecule has 2 aromatic carbocycles. The molecule has 1 aliphatic rings. The Morgan fingerprint density at radius 1 is 1.14 bits per heavy atom. The van der Waals surface area contributed by atoms with Crippen molar-refractivity contribution in [2.24, 2.45) is 0 Å². The number of nitrogens with one attached hydrogen (secondary N) is 1. The summed E-state index contributed by atoms with van der Waals surface area (Å²) in [5.41, 5.74) is 1.32. The molecule has 2 amide bonds. The lowest BCUT2D eigenvalue weighted by Gasteiger charge is -2.26. The van der Waals surface area contributed by atoms with Crippen molar-refractivity contribution >= 4 is 23.2 Å². The molecule has 0 atom stereocenters. The largest absolute Gasteiger partial charge is 0.484 e. The van der Waals surface area contributed by atoms with Crippen LogP contribution in [0.3, 0.4) is 0 Å². The van der Waals surface area contributed by atoms with Crippen molar-refractivity contribution in [1.29, 1.82) is 0 Å². The summed E-state index contributed by atoms with van der Waals surface area (Å²) >= 11 is 0. The average Bonchev–Trinajstić information content (AvgIpc) is 2.74.